The quantitative estimate of drug-likeness (QED) is 0.0750. The van der Waals surface area contributed by atoms with Crippen LogP contribution in [0.5, 0.6) is 0 Å². The Kier molecular flexibility index (Phi) is 23.4. The molecule has 0 fully saturated rings. The first-order valence-electron chi connectivity index (χ1n) is 17.7. The van der Waals surface area contributed by atoms with Crippen molar-refractivity contribution in [2.24, 2.45) is 0 Å². The van der Waals surface area contributed by atoms with Crippen molar-refractivity contribution in [1.82, 2.24) is 4.57 Å². The standard InChI is InChI=1S/C36H71N2/c1-6-8-10-12-14-16-18-19-20-21-23-25-27-29-31-37-32-33-38(36(37)34(3)4)35(5)30-28-26-24-22-17-15-13-11-9-7-2/h32-35H,6-31H2,1-5H3/q+1. The van der Waals surface area contributed by atoms with Crippen molar-refractivity contribution in [1.29, 1.82) is 0 Å². The second-order valence-corrected chi connectivity index (χ2v) is 12.8. The van der Waals surface area contributed by atoms with E-state index in [0.717, 1.165) is 0 Å². The second-order valence-electron chi connectivity index (χ2n) is 12.8. The van der Waals surface area contributed by atoms with Gasteiger partial charge in [0.05, 0.1) is 18.5 Å². The first-order chi connectivity index (χ1) is 18.6. The van der Waals surface area contributed by atoms with Crippen molar-refractivity contribution in [3.8, 4) is 0 Å². The van der Waals surface area contributed by atoms with Crippen LogP contribution in [0.15, 0.2) is 12.4 Å². The number of unbranched alkanes of at least 4 members (excludes halogenated alkanes) is 22. The van der Waals surface area contributed by atoms with Gasteiger partial charge in [0.2, 0.25) is 0 Å². The van der Waals surface area contributed by atoms with Crippen LogP contribution < -0.4 is 4.57 Å². The van der Waals surface area contributed by atoms with Crippen LogP contribution in [0.4, 0.5) is 0 Å². The van der Waals surface area contributed by atoms with Crippen LogP contribution in [0.1, 0.15) is 213 Å². The largest absolute Gasteiger partial charge is 0.259 e. The third-order valence-corrected chi connectivity index (χ3v) is 8.69. The summed E-state index contributed by atoms with van der Waals surface area (Å²) in [7, 11) is 0. The molecule has 1 rings (SSSR count). The molecule has 0 radical (unpaired) electrons. The van der Waals surface area contributed by atoms with E-state index >= 15 is 0 Å². The van der Waals surface area contributed by atoms with Crippen molar-refractivity contribution >= 4 is 0 Å². The van der Waals surface area contributed by atoms with Gasteiger partial charge < -0.3 is 0 Å². The van der Waals surface area contributed by atoms with Crippen LogP contribution in [0.25, 0.3) is 0 Å². The zero-order valence-corrected chi connectivity index (χ0v) is 27.1. The molecular formula is C36H71N2+. The molecule has 1 aromatic rings. The molecule has 0 saturated carbocycles. The van der Waals surface area contributed by atoms with Crippen molar-refractivity contribution in [3.63, 3.8) is 0 Å². The number of rotatable bonds is 28. The van der Waals surface area contributed by atoms with E-state index in [9.17, 15) is 0 Å². The summed E-state index contributed by atoms with van der Waals surface area (Å²) in [4.78, 5) is 0. The van der Waals surface area contributed by atoms with Gasteiger partial charge in [-0.1, -0.05) is 163 Å². The van der Waals surface area contributed by atoms with E-state index in [4.69, 9.17) is 0 Å². The summed E-state index contributed by atoms with van der Waals surface area (Å²) in [6.07, 6.45) is 40.4. The predicted molar refractivity (Wildman–Crippen MR) is 170 cm³/mol. The average Bonchev–Trinajstić information content (AvgIpc) is 3.34. The van der Waals surface area contributed by atoms with Crippen LogP contribution in [0.2, 0.25) is 0 Å². The highest BCUT2D eigenvalue weighted by molar-refractivity contribution is 4.92. The summed E-state index contributed by atoms with van der Waals surface area (Å²) in [6, 6.07) is 0.624. The molecule has 1 heterocycles. The van der Waals surface area contributed by atoms with Crippen LogP contribution >= 0.6 is 0 Å². The van der Waals surface area contributed by atoms with Crippen molar-refractivity contribution in [2.45, 2.75) is 214 Å². The van der Waals surface area contributed by atoms with Gasteiger partial charge in [-0.15, -0.1) is 0 Å². The monoisotopic (exact) mass is 532 g/mol. The highest BCUT2D eigenvalue weighted by atomic mass is 15.2. The minimum atomic E-state index is 0.590. The summed E-state index contributed by atoms with van der Waals surface area (Å²) in [5.74, 6) is 2.13. The lowest BCUT2D eigenvalue weighted by Gasteiger charge is -2.14. The number of aryl methyl sites for hydroxylation is 1. The third kappa shape index (κ3) is 17.7. The summed E-state index contributed by atoms with van der Waals surface area (Å²) in [6.45, 7) is 13.0. The van der Waals surface area contributed by atoms with Gasteiger partial charge in [0, 0.05) is 0 Å². The van der Waals surface area contributed by atoms with Gasteiger partial charge in [-0.3, -0.25) is 0 Å². The first-order valence-corrected chi connectivity index (χ1v) is 17.7. The molecular weight excluding hydrogens is 460 g/mol. The molecule has 0 amide bonds. The Balaban J connectivity index is 2.13. The zero-order valence-electron chi connectivity index (χ0n) is 27.1. The van der Waals surface area contributed by atoms with Gasteiger partial charge in [-0.25, -0.2) is 9.13 Å². The van der Waals surface area contributed by atoms with Gasteiger partial charge >= 0.3 is 0 Å². The fourth-order valence-corrected chi connectivity index (χ4v) is 6.19. The molecule has 1 aromatic heterocycles. The molecule has 0 spiro atoms. The number of aromatic nitrogens is 2. The molecule has 0 N–H and O–H groups in total. The van der Waals surface area contributed by atoms with E-state index in [1.807, 2.05) is 0 Å². The fourth-order valence-electron chi connectivity index (χ4n) is 6.19. The number of nitrogens with zero attached hydrogens (tertiary/aromatic N) is 2. The molecule has 224 valence electrons. The number of hydrogen-bond donors (Lipinski definition) is 0. The van der Waals surface area contributed by atoms with Gasteiger partial charge in [0.25, 0.3) is 5.82 Å². The summed E-state index contributed by atoms with van der Waals surface area (Å²) in [5, 5.41) is 0. The SMILES string of the molecule is CCCCCCCCCCCCCCCC[n+]1ccn(C(C)CCCCCCCCCCCC)c1C(C)C. The van der Waals surface area contributed by atoms with E-state index < -0.39 is 0 Å². The van der Waals surface area contributed by atoms with Crippen molar-refractivity contribution < 1.29 is 4.57 Å². The molecule has 2 nitrogen and oxygen atoms in total. The Labute approximate surface area is 240 Å². The topological polar surface area (TPSA) is 8.81 Å². The Morgan fingerprint density at radius 3 is 1.29 bits per heavy atom. The number of imidazole rings is 1. The number of hydrogen-bond acceptors (Lipinski definition) is 0. The van der Waals surface area contributed by atoms with Crippen molar-refractivity contribution in [3.05, 3.63) is 18.2 Å². The maximum atomic E-state index is 2.60. The first kappa shape index (κ1) is 35.2. The average molecular weight is 532 g/mol. The summed E-state index contributed by atoms with van der Waals surface area (Å²) < 4.78 is 5.17. The van der Waals surface area contributed by atoms with Crippen LogP contribution in [0, 0.1) is 0 Å². The maximum absolute atomic E-state index is 2.60. The smallest absolute Gasteiger partial charge is 0.234 e. The molecule has 0 aliphatic heterocycles. The molecule has 1 atom stereocenters. The molecule has 0 saturated heterocycles. The molecule has 2 heteroatoms. The molecule has 0 aliphatic rings. The van der Waals surface area contributed by atoms with Crippen LogP contribution in [-0.4, -0.2) is 4.57 Å². The van der Waals surface area contributed by atoms with Crippen molar-refractivity contribution in [2.75, 3.05) is 0 Å². The molecule has 0 aliphatic carbocycles. The van der Waals surface area contributed by atoms with Gasteiger partial charge in [0.15, 0.2) is 0 Å². The van der Waals surface area contributed by atoms with Crippen LogP contribution in [-0.2, 0) is 6.54 Å². The Morgan fingerprint density at radius 2 is 0.895 bits per heavy atom. The molecule has 0 bridgehead atoms. The second kappa shape index (κ2) is 25.2. The Bertz CT molecular complexity index is 617. The highest BCUT2D eigenvalue weighted by Crippen LogP contribution is 2.22. The van der Waals surface area contributed by atoms with E-state index in [2.05, 4.69) is 56.1 Å². The van der Waals surface area contributed by atoms with Gasteiger partial charge in [-0.2, -0.15) is 0 Å². The van der Waals surface area contributed by atoms with Crippen LogP contribution in [0.3, 0.4) is 0 Å². The normalized spacial score (nSPS) is 12.6. The predicted octanol–water partition coefficient (Wildman–Crippen LogP) is 12.3. The van der Waals surface area contributed by atoms with E-state index in [1.165, 1.54) is 167 Å². The third-order valence-electron chi connectivity index (χ3n) is 8.69. The Hall–Kier alpha value is -0.790. The zero-order chi connectivity index (χ0) is 27.7. The maximum Gasteiger partial charge on any atom is 0.259 e. The summed E-state index contributed by atoms with van der Waals surface area (Å²) in [5.41, 5.74) is 0. The molecule has 38 heavy (non-hydrogen) atoms. The lowest BCUT2D eigenvalue weighted by atomic mass is 10.0. The lowest BCUT2D eigenvalue weighted by molar-refractivity contribution is -0.705. The highest BCUT2D eigenvalue weighted by Gasteiger charge is 2.23. The molecule has 1 unspecified atom stereocenters. The van der Waals surface area contributed by atoms with Gasteiger partial charge in [0.1, 0.15) is 12.4 Å². The minimum Gasteiger partial charge on any atom is -0.234 e. The minimum absolute atomic E-state index is 0.590. The molecule has 0 aromatic carbocycles. The van der Waals surface area contributed by atoms with Gasteiger partial charge in [-0.05, 0) is 32.6 Å². The fraction of sp³-hybridized carbons (Fsp3) is 0.917. The Morgan fingerprint density at radius 1 is 0.526 bits per heavy atom. The van der Waals surface area contributed by atoms with E-state index in [-0.39, 0.29) is 0 Å². The summed E-state index contributed by atoms with van der Waals surface area (Å²) >= 11 is 0. The van der Waals surface area contributed by atoms with E-state index in [1.54, 1.807) is 5.82 Å². The van der Waals surface area contributed by atoms with E-state index in [0.29, 0.717) is 12.0 Å². The lowest BCUT2D eigenvalue weighted by Crippen LogP contribution is -2.38.